The van der Waals surface area contributed by atoms with Gasteiger partial charge in [-0.05, 0) is 37.9 Å². The summed E-state index contributed by atoms with van der Waals surface area (Å²) < 4.78 is 18.8. The lowest BCUT2D eigenvalue weighted by Gasteiger charge is -2.32. The van der Waals surface area contributed by atoms with Crippen LogP contribution in [0, 0.1) is 21.8 Å². The van der Waals surface area contributed by atoms with Crippen LogP contribution in [0.1, 0.15) is 19.8 Å². The highest BCUT2D eigenvalue weighted by atomic mass is 19.1. The number of likely N-dealkylation sites (tertiary alicyclic amines) is 1. The molecule has 1 saturated heterocycles. The van der Waals surface area contributed by atoms with Gasteiger partial charge in [-0.25, -0.2) is 0 Å². The highest BCUT2D eigenvalue weighted by molar-refractivity contribution is 5.77. The van der Waals surface area contributed by atoms with Gasteiger partial charge in [-0.3, -0.25) is 14.9 Å². The van der Waals surface area contributed by atoms with Crippen molar-refractivity contribution >= 4 is 11.6 Å². The number of nitro groups is 1. The van der Waals surface area contributed by atoms with Gasteiger partial charge in [-0.1, -0.05) is 6.92 Å². The maximum absolute atomic E-state index is 13.5. The van der Waals surface area contributed by atoms with Crippen molar-refractivity contribution in [2.24, 2.45) is 5.92 Å². The van der Waals surface area contributed by atoms with E-state index < -0.39 is 16.4 Å². The van der Waals surface area contributed by atoms with Crippen molar-refractivity contribution in [3.8, 4) is 5.75 Å². The molecule has 1 heterocycles. The largest absolute Gasteiger partial charge is 0.484 e. The van der Waals surface area contributed by atoms with Gasteiger partial charge in [0.05, 0.1) is 4.92 Å². The molecule has 1 N–H and O–H groups in total. The van der Waals surface area contributed by atoms with Crippen molar-refractivity contribution in [1.29, 1.82) is 0 Å². The minimum absolute atomic E-state index is 0.105. The Labute approximate surface area is 139 Å². The van der Waals surface area contributed by atoms with Crippen molar-refractivity contribution in [3.63, 3.8) is 0 Å². The maximum Gasteiger partial charge on any atom is 0.305 e. The third kappa shape index (κ3) is 4.89. The van der Waals surface area contributed by atoms with Crippen LogP contribution >= 0.6 is 0 Å². The van der Waals surface area contributed by atoms with Crippen LogP contribution in [0.5, 0.6) is 5.75 Å². The molecule has 24 heavy (non-hydrogen) atoms. The zero-order valence-corrected chi connectivity index (χ0v) is 13.7. The second kappa shape index (κ2) is 8.58. The number of nitro benzene ring substituents is 1. The van der Waals surface area contributed by atoms with E-state index in [1.54, 1.807) is 4.90 Å². The first kappa shape index (κ1) is 18.1. The van der Waals surface area contributed by atoms with Crippen LogP contribution in [-0.4, -0.2) is 48.5 Å². The molecule has 0 spiro atoms. The quantitative estimate of drug-likeness (QED) is 0.606. The third-order valence-corrected chi connectivity index (χ3v) is 4.13. The lowest BCUT2D eigenvalue weighted by Crippen LogP contribution is -2.42. The van der Waals surface area contributed by atoms with Gasteiger partial charge in [0, 0.05) is 25.2 Å². The average molecular weight is 339 g/mol. The van der Waals surface area contributed by atoms with Crippen LogP contribution in [0.15, 0.2) is 18.2 Å². The monoisotopic (exact) mass is 339 g/mol. The van der Waals surface area contributed by atoms with Gasteiger partial charge in [-0.2, -0.15) is 4.39 Å². The average Bonchev–Trinajstić information content (AvgIpc) is 2.58. The molecule has 2 rings (SSSR count). The fourth-order valence-corrected chi connectivity index (χ4v) is 2.70. The molecule has 0 aliphatic carbocycles. The van der Waals surface area contributed by atoms with E-state index in [9.17, 15) is 19.3 Å². The van der Waals surface area contributed by atoms with Gasteiger partial charge < -0.3 is 15.0 Å². The molecule has 0 unspecified atom stereocenters. The number of rotatable bonds is 7. The molecule has 8 heteroatoms. The molecule has 0 aromatic heterocycles. The zero-order chi connectivity index (χ0) is 17.5. The number of hydrogen-bond donors (Lipinski definition) is 1. The summed E-state index contributed by atoms with van der Waals surface area (Å²) in [4.78, 5) is 23.6. The minimum atomic E-state index is -0.978. The summed E-state index contributed by atoms with van der Waals surface area (Å²) in [7, 11) is 0. The van der Waals surface area contributed by atoms with Gasteiger partial charge in [0.2, 0.25) is 5.82 Å². The lowest BCUT2D eigenvalue weighted by molar-refractivity contribution is -0.387. The molecule has 1 fully saturated rings. The van der Waals surface area contributed by atoms with Crippen molar-refractivity contribution in [1.82, 2.24) is 10.2 Å². The number of carbonyl (C=O) groups excluding carboxylic acids is 1. The molecule has 132 valence electrons. The van der Waals surface area contributed by atoms with E-state index in [-0.39, 0.29) is 18.3 Å². The molecule has 0 atom stereocenters. The predicted octanol–water partition coefficient (Wildman–Crippen LogP) is 1.96. The molecular weight excluding hydrogens is 317 g/mol. The molecule has 1 aliphatic heterocycles. The number of ether oxygens (including phenoxy) is 1. The van der Waals surface area contributed by atoms with E-state index in [4.69, 9.17) is 4.74 Å². The van der Waals surface area contributed by atoms with Gasteiger partial charge in [0.15, 0.2) is 6.61 Å². The number of nitrogens with one attached hydrogen (secondary N) is 1. The van der Waals surface area contributed by atoms with Gasteiger partial charge >= 0.3 is 5.69 Å². The number of carbonyl (C=O) groups is 1. The van der Waals surface area contributed by atoms with Gasteiger partial charge in [-0.15, -0.1) is 0 Å². The van der Waals surface area contributed by atoms with Crippen LogP contribution < -0.4 is 10.1 Å². The van der Waals surface area contributed by atoms with Crippen molar-refractivity contribution in [2.45, 2.75) is 19.8 Å². The highest BCUT2D eigenvalue weighted by Gasteiger charge is 2.23. The van der Waals surface area contributed by atoms with E-state index in [2.05, 4.69) is 12.2 Å². The predicted molar refractivity (Wildman–Crippen MR) is 86.4 cm³/mol. The molecular formula is C16H22FN3O4. The first-order valence-electron chi connectivity index (χ1n) is 8.06. The standard InChI is InChI=1S/C16H22FN3O4/c1-2-18-10-12-5-7-19(8-6-12)16(21)11-24-13-3-4-15(20(22)23)14(17)9-13/h3-4,9,12,18H,2,5-8,10-11H2,1H3. The third-order valence-electron chi connectivity index (χ3n) is 4.13. The number of hydrogen-bond acceptors (Lipinski definition) is 5. The Hall–Kier alpha value is -2.22. The summed E-state index contributed by atoms with van der Waals surface area (Å²) in [5.41, 5.74) is -0.614. The molecule has 0 saturated carbocycles. The van der Waals surface area contributed by atoms with Crippen LogP contribution in [-0.2, 0) is 4.79 Å². The fraction of sp³-hybridized carbons (Fsp3) is 0.562. The second-order valence-electron chi connectivity index (χ2n) is 5.79. The molecule has 1 aromatic carbocycles. The van der Waals surface area contributed by atoms with Crippen molar-refractivity contribution < 1.29 is 18.8 Å². The van der Waals surface area contributed by atoms with Gasteiger partial charge in [0.25, 0.3) is 5.91 Å². The molecule has 0 radical (unpaired) electrons. The van der Waals surface area contributed by atoms with E-state index in [0.29, 0.717) is 19.0 Å². The molecule has 0 bridgehead atoms. The summed E-state index contributed by atoms with van der Waals surface area (Å²) in [6.07, 6.45) is 1.90. The highest BCUT2D eigenvalue weighted by Crippen LogP contribution is 2.22. The number of benzene rings is 1. The van der Waals surface area contributed by atoms with E-state index in [1.165, 1.54) is 6.07 Å². The van der Waals surface area contributed by atoms with Crippen LogP contribution in [0.25, 0.3) is 0 Å². The summed E-state index contributed by atoms with van der Waals surface area (Å²) in [6, 6.07) is 3.24. The van der Waals surface area contributed by atoms with Gasteiger partial charge in [0.1, 0.15) is 5.75 Å². The number of amides is 1. The minimum Gasteiger partial charge on any atom is -0.484 e. The first-order valence-corrected chi connectivity index (χ1v) is 8.06. The van der Waals surface area contributed by atoms with E-state index >= 15 is 0 Å². The topological polar surface area (TPSA) is 84.7 Å². The Balaban J connectivity index is 1.79. The maximum atomic E-state index is 13.5. The summed E-state index contributed by atoms with van der Waals surface area (Å²) in [5.74, 6) is -0.447. The smallest absolute Gasteiger partial charge is 0.305 e. The lowest BCUT2D eigenvalue weighted by atomic mass is 9.97. The molecule has 1 aliphatic rings. The molecule has 1 amide bonds. The Morgan fingerprint density at radius 2 is 2.17 bits per heavy atom. The number of halogens is 1. The van der Waals surface area contributed by atoms with E-state index in [0.717, 1.165) is 38.1 Å². The molecule has 7 nitrogen and oxygen atoms in total. The van der Waals surface area contributed by atoms with Crippen molar-refractivity contribution in [2.75, 3.05) is 32.8 Å². The Morgan fingerprint density at radius 3 is 2.75 bits per heavy atom. The Kier molecular flexibility index (Phi) is 6.48. The number of piperidine rings is 1. The Bertz CT molecular complexity index is 589. The Morgan fingerprint density at radius 1 is 1.46 bits per heavy atom. The molecule has 1 aromatic rings. The van der Waals surface area contributed by atoms with E-state index in [1.807, 2.05) is 0 Å². The number of nitrogens with zero attached hydrogens (tertiary/aromatic N) is 2. The fourth-order valence-electron chi connectivity index (χ4n) is 2.70. The van der Waals surface area contributed by atoms with Crippen molar-refractivity contribution in [3.05, 3.63) is 34.1 Å². The summed E-state index contributed by atoms with van der Waals surface area (Å²) in [6.45, 7) is 5.15. The van der Waals surface area contributed by atoms with Crippen LogP contribution in [0.4, 0.5) is 10.1 Å². The first-order chi connectivity index (χ1) is 11.5. The summed E-state index contributed by atoms with van der Waals surface area (Å²) >= 11 is 0. The normalized spacial score (nSPS) is 15.3. The summed E-state index contributed by atoms with van der Waals surface area (Å²) in [5, 5.41) is 13.9. The van der Waals surface area contributed by atoms with Crippen LogP contribution in [0.3, 0.4) is 0 Å². The second-order valence-corrected chi connectivity index (χ2v) is 5.79. The SMILES string of the molecule is CCNCC1CCN(C(=O)COc2ccc([N+](=O)[O-])c(F)c2)CC1. The zero-order valence-electron chi connectivity index (χ0n) is 13.7. The van der Waals surface area contributed by atoms with Crippen LogP contribution in [0.2, 0.25) is 0 Å².